The summed E-state index contributed by atoms with van der Waals surface area (Å²) in [5.74, 6) is 2.40. The first kappa shape index (κ1) is 13.9. The van der Waals surface area contributed by atoms with Crippen molar-refractivity contribution in [1.29, 1.82) is 0 Å². The molecule has 1 atom stereocenters. The molecule has 0 radical (unpaired) electrons. The Hall–Kier alpha value is -1.15. The highest BCUT2D eigenvalue weighted by molar-refractivity contribution is 9.10. The zero-order valence-corrected chi connectivity index (χ0v) is 10.7. The Balaban J connectivity index is 3.12. The van der Waals surface area contributed by atoms with Crippen molar-refractivity contribution in [3.63, 3.8) is 0 Å². The SMILES string of the molecule is C#CC(CC)Nc1ccc(Br)cc1C(F)(F)F. The van der Waals surface area contributed by atoms with E-state index in [0.29, 0.717) is 10.9 Å². The molecule has 0 saturated heterocycles. The molecule has 0 aliphatic rings. The summed E-state index contributed by atoms with van der Waals surface area (Å²) < 4.78 is 38.7. The molecule has 0 amide bonds. The van der Waals surface area contributed by atoms with Gasteiger partial charge in [-0.05, 0) is 24.6 Å². The summed E-state index contributed by atoms with van der Waals surface area (Å²) in [6, 6.07) is 3.54. The van der Waals surface area contributed by atoms with Crippen LogP contribution in [-0.4, -0.2) is 6.04 Å². The third kappa shape index (κ3) is 3.67. The number of hydrogen-bond donors (Lipinski definition) is 1. The monoisotopic (exact) mass is 305 g/mol. The first-order valence-electron chi connectivity index (χ1n) is 4.98. The molecule has 0 fully saturated rings. The maximum Gasteiger partial charge on any atom is 0.418 e. The van der Waals surface area contributed by atoms with Crippen LogP contribution in [0, 0.1) is 12.3 Å². The van der Waals surface area contributed by atoms with Gasteiger partial charge in [0.15, 0.2) is 0 Å². The molecular formula is C12H11BrF3N. The van der Waals surface area contributed by atoms with Crippen LogP contribution in [0.3, 0.4) is 0 Å². The molecular weight excluding hydrogens is 295 g/mol. The van der Waals surface area contributed by atoms with E-state index in [-0.39, 0.29) is 5.69 Å². The van der Waals surface area contributed by atoms with Gasteiger partial charge in [-0.1, -0.05) is 28.8 Å². The summed E-state index contributed by atoms with van der Waals surface area (Å²) in [5.41, 5.74) is -0.717. The summed E-state index contributed by atoms with van der Waals surface area (Å²) in [6.07, 6.45) is 1.37. The van der Waals surface area contributed by atoms with Crippen LogP contribution in [0.1, 0.15) is 18.9 Å². The molecule has 0 aromatic heterocycles. The molecule has 1 aromatic rings. The van der Waals surface area contributed by atoms with Crippen LogP contribution in [0.2, 0.25) is 0 Å². The van der Waals surface area contributed by atoms with E-state index in [0.717, 1.165) is 6.07 Å². The highest BCUT2D eigenvalue weighted by Gasteiger charge is 2.34. The van der Waals surface area contributed by atoms with Crippen molar-refractivity contribution >= 4 is 21.6 Å². The lowest BCUT2D eigenvalue weighted by Crippen LogP contribution is -2.19. The second kappa shape index (κ2) is 5.46. The minimum absolute atomic E-state index is 0.00509. The number of benzene rings is 1. The van der Waals surface area contributed by atoms with E-state index in [1.165, 1.54) is 6.07 Å². The maximum atomic E-state index is 12.8. The van der Waals surface area contributed by atoms with Gasteiger partial charge in [-0.3, -0.25) is 0 Å². The van der Waals surface area contributed by atoms with E-state index >= 15 is 0 Å². The molecule has 0 saturated carbocycles. The second-order valence-corrected chi connectivity index (χ2v) is 4.38. The lowest BCUT2D eigenvalue weighted by atomic mass is 10.1. The molecule has 1 unspecified atom stereocenters. The van der Waals surface area contributed by atoms with Crippen molar-refractivity contribution in [2.24, 2.45) is 0 Å². The lowest BCUT2D eigenvalue weighted by molar-refractivity contribution is -0.137. The Labute approximate surface area is 107 Å². The third-order valence-electron chi connectivity index (χ3n) is 2.23. The average molecular weight is 306 g/mol. The number of halogens is 4. The van der Waals surface area contributed by atoms with E-state index < -0.39 is 17.8 Å². The van der Waals surface area contributed by atoms with Crippen molar-refractivity contribution in [2.45, 2.75) is 25.6 Å². The van der Waals surface area contributed by atoms with Crippen LogP contribution >= 0.6 is 15.9 Å². The molecule has 0 heterocycles. The van der Waals surface area contributed by atoms with E-state index in [4.69, 9.17) is 6.42 Å². The fourth-order valence-corrected chi connectivity index (χ4v) is 1.69. The summed E-state index contributed by atoms with van der Waals surface area (Å²) >= 11 is 3.02. The largest absolute Gasteiger partial charge is 0.418 e. The highest BCUT2D eigenvalue weighted by Crippen LogP contribution is 2.36. The third-order valence-corrected chi connectivity index (χ3v) is 2.72. The zero-order valence-electron chi connectivity index (χ0n) is 9.11. The topological polar surface area (TPSA) is 12.0 Å². The molecule has 5 heteroatoms. The molecule has 1 aromatic carbocycles. The molecule has 1 nitrogen and oxygen atoms in total. The lowest BCUT2D eigenvalue weighted by Gasteiger charge is -2.18. The molecule has 17 heavy (non-hydrogen) atoms. The number of terminal acetylenes is 1. The number of alkyl halides is 3. The molecule has 0 aliphatic heterocycles. The van der Waals surface area contributed by atoms with Crippen molar-refractivity contribution < 1.29 is 13.2 Å². The number of rotatable bonds is 3. The Bertz CT molecular complexity index is 434. The number of anilines is 1. The van der Waals surface area contributed by atoms with Crippen molar-refractivity contribution in [2.75, 3.05) is 5.32 Å². The second-order valence-electron chi connectivity index (χ2n) is 3.46. The van der Waals surface area contributed by atoms with Crippen LogP contribution in [-0.2, 0) is 6.18 Å². The van der Waals surface area contributed by atoms with Gasteiger partial charge in [-0.2, -0.15) is 13.2 Å². The van der Waals surface area contributed by atoms with E-state index in [1.54, 1.807) is 6.07 Å². The van der Waals surface area contributed by atoms with Gasteiger partial charge in [-0.15, -0.1) is 6.42 Å². The van der Waals surface area contributed by atoms with Crippen molar-refractivity contribution in [3.8, 4) is 12.3 Å². The van der Waals surface area contributed by atoms with Gasteiger partial charge in [0.05, 0.1) is 11.6 Å². The van der Waals surface area contributed by atoms with Gasteiger partial charge in [0.1, 0.15) is 0 Å². The highest BCUT2D eigenvalue weighted by atomic mass is 79.9. The van der Waals surface area contributed by atoms with Crippen LogP contribution in [0.25, 0.3) is 0 Å². The fraction of sp³-hybridized carbons (Fsp3) is 0.333. The number of nitrogens with one attached hydrogen (secondary N) is 1. The summed E-state index contributed by atoms with van der Waals surface area (Å²) in [4.78, 5) is 0. The predicted octanol–water partition coefficient (Wildman–Crippen LogP) is 4.29. The van der Waals surface area contributed by atoms with Crippen LogP contribution in [0.15, 0.2) is 22.7 Å². The standard InChI is InChI=1S/C12H11BrF3N/c1-3-9(4-2)17-11-6-5-8(13)7-10(11)12(14,15)16/h1,5-7,9,17H,4H2,2H3. The van der Waals surface area contributed by atoms with Gasteiger partial charge < -0.3 is 5.32 Å². The Morgan fingerprint density at radius 3 is 2.59 bits per heavy atom. The van der Waals surface area contributed by atoms with Crippen LogP contribution < -0.4 is 5.32 Å². The Morgan fingerprint density at radius 1 is 1.47 bits per heavy atom. The number of hydrogen-bond acceptors (Lipinski definition) is 1. The smallest absolute Gasteiger partial charge is 0.371 e. The fourth-order valence-electron chi connectivity index (χ4n) is 1.33. The minimum atomic E-state index is -4.40. The Kier molecular flexibility index (Phi) is 4.47. The summed E-state index contributed by atoms with van der Waals surface area (Å²) in [5, 5.41) is 2.70. The van der Waals surface area contributed by atoms with Gasteiger partial charge in [0.25, 0.3) is 0 Å². The van der Waals surface area contributed by atoms with Gasteiger partial charge in [-0.25, -0.2) is 0 Å². The van der Waals surface area contributed by atoms with E-state index in [9.17, 15) is 13.2 Å². The zero-order chi connectivity index (χ0) is 13.1. The molecule has 1 rings (SSSR count). The Morgan fingerprint density at radius 2 is 2.12 bits per heavy atom. The van der Waals surface area contributed by atoms with Gasteiger partial charge >= 0.3 is 6.18 Å². The van der Waals surface area contributed by atoms with E-state index in [2.05, 4.69) is 27.2 Å². The molecule has 92 valence electrons. The summed E-state index contributed by atoms with van der Waals surface area (Å²) in [6.45, 7) is 1.81. The van der Waals surface area contributed by atoms with Crippen LogP contribution in [0.5, 0.6) is 0 Å². The molecule has 0 bridgehead atoms. The average Bonchev–Trinajstić information content (AvgIpc) is 2.26. The first-order valence-corrected chi connectivity index (χ1v) is 5.77. The minimum Gasteiger partial charge on any atom is -0.371 e. The van der Waals surface area contributed by atoms with E-state index in [1.807, 2.05) is 6.92 Å². The first-order chi connectivity index (χ1) is 7.88. The molecule has 0 aliphatic carbocycles. The normalized spacial score (nSPS) is 12.9. The molecule has 1 N–H and O–H groups in total. The quantitative estimate of drug-likeness (QED) is 0.821. The van der Waals surface area contributed by atoms with Crippen molar-refractivity contribution in [3.05, 3.63) is 28.2 Å². The van der Waals surface area contributed by atoms with Crippen molar-refractivity contribution in [1.82, 2.24) is 0 Å². The van der Waals surface area contributed by atoms with Crippen LogP contribution in [0.4, 0.5) is 18.9 Å². The predicted molar refractivity (Wildman–Crippen MR) is 65.7 cm³/mol. The maximum absolute atomic E-state index is 12.8. The van der Waals surface area contributed by atoms with Gasteiger partial charge in [0, 0.05) is 10.2 Å². The summed E-state index contributed by atoms with van der Waals surface area (Å²) in [7, 11) is 0. The van der Waals surface area contributed by atoms with Gasteiger partial charge in [0.2, 0.25) is 0 Å². The molecule has 0 spiro atoms.